The van der Waals surface area contributed by atoms with Crippen LogP contribution in [-0.2, 0) is 0 Å². The molecule has 0 aliphatic heterocycles. The number of fused-ring (bicyclic) bond motifs is 3. The van der Waals surface area contributed by atoms with Crippen molar-refractivity contribution in [3.8, 4) is 0 Å². The Kier molecular flexibility index (Phi) is 6.35. The van der Waals surface area contributed by atoms with Crippen molar-refractivity contribution in [3.63, 3.8) is 0 Å². The summed E-state index contributed by atoms with van der Waals surface area (Å²) in [4.78, 5) is 31.3. The average molecular weight is 370 g/mol. The summed E-state index contributed by atoms with van der Waals surface area (Å²) in [5.41, 5.74) is 6.47. The van der Waals surface area contributed by atoms with Gasteiger partial charge in [-0.1, -0.05) is 18.2 Å². The highest BCUT2D eigenvalue weighted by atomic mass is 16.1. The van der Waals surface area contributed by atoms with E-state index in [1.807, 2.05) is 42.6 Å². The molecule has 0 fully saturated rings. The minimum atomic E-state index is -0.645. The molecule has 0 aliphatic rings. The van der Waals surface area contributed by atoms with E-state index >= 15 is 0 Å². The number of nitrogens with one attached hydrogen (secondary N) is 1. The molecule has 0 atom stereocenters. The number of carbonyl (C=O) groups excluding carboxylic acids is 1. The molecule has 7 heteroatoms. The Hall–Kier alpha value is -4.13. The number of carbonyl (C=O) groups is 1. The van der Waals surface area contributed by atoms with Crippen molar-refractivity contribution in [1.82, 2.24) is 24.9 Å². The molecule has 28 heavy (non-hydrogen) atoms. The minimum Gasteiger partial charge on any atom is -0.364 e. The van der Waals surface area contributed by atoms with Crippen LogP contribution >= 0.6 is 0 Å². The first kappa shape index (κ1) is 18.7. The van der Waals surface area contributed by atoms with Crippen LogP contribution < -0.4 is 5.73 Å². The standard InChI is InChI=1S/C21H18N6O/c22-21(28)20-7-10-24-12-14-25-13-11-23-8-1-3-16-5-6-19-17(4-2-9-26-19)18(16)15-27-20/h1-15,26H,(H2,22,28). The summed E-state index contributed by atoms with van der Waals surface area (Å²) in [5.74, 6) is -0.645. The molecule has 3 N–H and O–H groups in total. The van der Waals surface area contributed by atoms with Gasteiger partial charge in [-0.3, -0.25) is 24.7 Å². The zero-order chi connectivity index (χ0) is 19.6. The Labute approximate surface area is 161 Å². The van der Waals surface area contributed by atoms with E-state index in [1.54, 1.807) is 24.8 Å². The van der Waals surface area contributed by atoms with Gasteiger partial charge in [0.25, 0.3) is 5.91 Å². The number of nitrogens with zero attached hydrogens (tertiary/aromatic N) is 4. The SMILES string of the molecule is NC(=O)c1ccnccnccncccc2ccc3[nH]cccc3c2cn1. The van der Waals surface area contributed by atoms with Crippen LogP contribution in [-0.4, -0.2) is 30.8 Å². The monoisotopic (exact) mass is 370 g/mol. The molecule has 0 unspecified atom stereocenters. The smallest absolute Gasteiger partial charge is 0.267 e. The predicted molar refractivity (Wildman–Crippen MR) is 108 cm³/mol. The maximum atomic E-state index is 11.7. The van der Waals surface area contributed by atoms with Crippen LogP contribution in [0.15, 0.2) is 92.0 Å². The molecule has 1 aromatic carbocycles. The van der Waals surface area contributed by atoms with Gasteiger partial charge >= 0.3 is 0 Å². The van der Waals surface area contributed by atoms with Crippen LogP contribution in [0.4, 0.5) is 0 Å². The van der Waals surface area contributed by atoms with Gasteiger partial charge in [0.2, 0.25) is 0 Å². The topological polar surface area (TPSA) is 110 Å². The van der Waals surface area contributed by atoms with Crippen molar-refractivity contribution in [1.29, 1.82) is 0 Å². The Balaban J connectivity index is 2.38. The first-order valence-electron chi connectivity index (χ1n) is 8.46. The first-order valence-corrected chi connectivity index (χ1v) is 8.46. The molecule has 2 heterocycles. The lowest BCUT2D eigenvalue weighted by molar-refractivity contribution is 0.0995. The van der Waals surface area contributed by atoms with Crippen LogP contribution in [0, 0.1) is 0 Å². The molecule has 138 valence electrons. The van der Waals surface area contributed by atoms with Crippen LogP contribution in [0.25, 0.3) is 21.7 Å². The van der Waals surface area contributed by atoms with E-state index in [0.717, 1.165) is 21.7 Å². The van der Waals surface area contributed by atoms with Crippen molar-refractivity contribution < 1.29 is 4.79 Å². The molecule has 7 nitrogen and oxygen atoms in total. The van der Waals surface area contributed by atoms with Crippen LogP contribution in [0.3, 0.4) is 0 Å². The molecule has 3 rings (SSSR count). The number of nitrogens with two attached hydrogens (primary N) is 1. The van der Waals surface area contributed by atoms with E-state index in [4.69, 9.17) is 5.73 Å². The highest BCUT2D eigenvalue weighted by Crippen LogP contribution is 2.21. The highest BCUT2D eigenvalue weighted by Gasteiger charge is 2.00. The normalized spacial score (nSPS) is 9.71. The van der Waals surface area contributed by atoms with Gasteiger partial charge in [-0.2, -0.15) is 0 Å². The summed E-state index contributed by atoms with van der Waals surface area (Å²) in [7, 11) is 0. The van der Waals surface area contributed by atoms with E-state index < -0.39 is 5.91 Å². The second kappa shape index (κ2) is 9.54. The number of pyridine rings is 1. The lowest BCUT2D eigenvalue weighted by Gasteiger charge is -2.01. The Morgan fingerprint density at radius 1 is 0.786 bits per heavy atom. The number of H-pyrrole nitrogens is 1. The number of aromatic amines is 1. The molecule has 0 bridgehead atoms. The fourth-order valence-electron chi connectivity index (χ4n) is 2.47. The molecular weight excluding hydrogens is 352 g/mol. The number of primary amides is 1. The maximum absolute atomic E-state index is 11.7. The van der Waals surface area contributed by atoms with E-state index in [-0.39, 0.29) is 5.69 Å². The first-order chi connectivity index (χ1) is 13.8. The molecule has 0 saturated carbocycles. The third kappa shape index (κ3) is 4.95. The molecular formula is C21H18N6O. The summed E-state index contributed by atoms with van der Waals surface area (Å²) < 4.78 is 0. The number of hydrogen-bond donors (Lipinski definition) is 2. The van der Waals surface area contributed by atoms with Crippen molar-refractivity contribution in [2.75, 3.05) is 0 Å². The Morgan fingerprint density at radius 3 is 2.32 bits per heavy atom. The fraction of sp³-hybridized carbons (Fsp3) is 0. The van der Waals surface area contributed by atoms with Crippen LogP contribution in [0.5, 0.6) is 0 Å². The molecule has 0 radical (unpaired) electrons. The summed E-state index contributed by atoms with van der Waals surface area (Å²) in [5, 5.41) is 2.72. The van der Waals surface area contributed by atoms with Crippen molar-refractivity contribution in [2.45, 2.75) is 0 Å². The van der Waals surface area contributed by atoms with Gasteiger partial charge in [-0.15, -0.1) is 0 Å². The molecule has 0 spiro atoms. The summed E-state index contributed by atoms with van der Waals surface area (Å²) >= 11 is 0. The lowest BCUT2D eigenvalue weighted by atomic mass is 10.1. The number of hydrogen-bond acceptors (Lipinski definition) is 5. The zero-order valence-corrected chi connectivity index (χ0v) is 14.9. The zero-order valence-electron chi connectivity index (χ0n) is 14.9. The minimum absolute atomic E-state index is 0.0895. The quantitative estimate of drug-likeness (QED) is 0.682. The van der Waals surface area contributed by atoms with Gasteiger partial charge in [0.05, 0.1) is 0 Å². The van der Waals surface area contributed by atoms with Gasteiger partial charge in [-0.05, 0) is 29.7 Å². The molecule has 2 aromatic heterocycles. The van der Waals surface area contributed by atoms with E-state index in [0.29, 0.717) is 0 Å². The van der Waals surface area contributed by atoms with E-state index in [9.17, 15) is 4.79 Å². The molecule has 0 aliphatic carbocycles. The summed E-state index contributed by atoms with van der Waals surface area (Å²) in [6, 6.07) is 13.0. The highest BCUT2D eigenvalue weighted by molar-refractivity contribution is 6.05. The van der Waals surface area contributed by atoms with Gasteiger partial charge < -0.3 is 10.7 Å². The van der Waals surface area contributed by atoms with Gasteiger partial charge in [-0.25, -0.2) is 0 Å². The average Bonchev–Trinajstić information content (AvgIpc) is 2.71. The largest absolute Gasteiger partial charge is 0.364 e. The lowest BCUT2D eigenvalue weighted by Crippen LogP contribution is -2.11. The second-order valence-electron chi connectivity index (χ2n) is 5.57. The second-order valence-corrected chi connectivity index (χ2v) is 5.57. The number of aromatic nitrogens is 5. The number of benzene rings is 1. The van der Waals surface area contributed by atoms with Crippen LogP contribution in [0.2, 0.25) is 0 Å². The Morgan fingerprint density at radius 2 is 1.54 bits per heavy atom. The van der Waals surface area contributed by atoms with Gasteiger partial charge in [0.1, 0.15) is 5.69 Å². The van der Waals surface area contributed by atoms with Crippen molar-refractivity contribution >= 4 is 27.6 Å². The van der Waals surface area contributed by atoms with Crippen molar-refractivity contribution in [3.05, 3.63) is 97.7 Å². The molecule has 0 saturated heterocycles. The predicted octanol–water partition coefficient (Wildman–Crippen LogP) is 3.37. The van der Waals surface area contributed by atoms with Crippen LogP contribution in [0.1, 0.15) is 10.5 Å². The third-order valence-electron chi connectivity index (χ3n) is 3.75. The third-order valence-corrected chi connectivity index (χ3v) is 3.75. The number of rotatable bonds is 1. The van der Waals surface area contributed by atoms with Gasteiger partial charge in [0, 0.05) is 65.9 Å². The fourth-order valence-corrected chi connectivity index (χ4v) is 2.47. The number of amides is 1. The van der Waals surface area contributed by atoms with Crippen molar-refractivity contribution in [2.24, 2.45) is 5.73 Å². The molecule has 3 aromatic rings. The summed E-state index contributed by atoms with van der Waals surface area (Å²) in [6.45, 7) is 0. The van der Waals surface area contributed by atoms with E-state index in [1.165, 1.54) is 24.7 Å². The molecule has 1 amide bonds. The maximum Gasteiger partial charge on any atom is 0.267 e. The summed E-state index contributed by atoms with van der Waals surface area (Å²) in [6.07, 6.45) is 12.6. The van der Waals surface area contributed by atoms with Gasteiger partial charge in [0.15, 0.2) is 0 Å². The van der Waals surface area contributed by atoms with E-state index in [2.05, 4.69) is 24.9 Å². The Bertz CT molecular complexity index is 1170.